The van der Waals surface area contributed by atoms with Gasteiger partial charge in [0.25, 0.3) is 5.97 Å². The van der Waals surface area contributed by atoms with Crippen LogP contribution < -0.4 is 11.1 Å². The van der Waals surface area contributed by atoms with E-state index < -0.39 is 5.97 Å². The summed E-state index contributed by atoms with van der Waals surface area (Å²) in [4.78, 5) is 21.6. The van der Waals surface area contributed by atoms with Crippen molar-refractivity contribution in [3.8, 4) is 5.75 Å². The van der Waals surface area contributed by atoms with E-state index in [1.807, 2.05) is 30.3 Å². The van der Waals surface area contributed by atoms with E-state index in [-0.39, 0.29) is 11.7 Å². The van der Waals surface area contributed by atoms with Crippen LogP contribution in [0.4, 0.5) is 17.5 Å². The van der Waals surface area contributed by atoms with Crippen molar-refractivity contribution < 1.29 is 15.0 Å². The summed E-state index contributed by atoms with van der Waals surface area (Å²) in [6.07, 6.45) is 1.60. The Balaban J connectivity index is 0.000000516. The summed E-state index contributed by atoms with van der Waals surface area (Å²) < 4.78 is 0. The molecule has 5 N–H and O–H groups in total. The molecule has 0 radical (unpaired) electrons. The molecule has 0 saturated carbocycles. The predicted octanol–water partition coefficient (Wildman–Crippen LogP) is 2.95. The predicted molar refractivity (Wildman–Crippen MR) is 107 cm³/mol. The second kappa shape index (κ2) is 8.17. The van der Waals surface area contributed by atoms with Crippen LogP contribution in [0.15, 0.2) is 59.7 Å². The third-order valence-electron chi connectivity index (χ3n) is 3.88. The molecule has 2 heterocycles. The number of phenols is 1. The van der Waals surface area contributed by atoms with Gasteiger partial charge in [-0.3, -0.25) is 9.79 Å². The van der Waals surface area contributed by atoms with Gasteiger partial charge in [0.2, 0.25) is 5.95 Å². The number of nitrogens with one attached hydrogen (secondary N) is 1. The van der Waals surface area contributed by atoms with E-state index in [0.717, 1.165) is 35.0 Å². The Kier molecular flexibility index (Phi) is 5.50. The maximum absolute atomic E-state index is 10.1. The van der Waals surface area contributed by atoms with Gasteiger partial charge in [0, 0.05) is 29.9 Å². The number of carboxylic acids is 1. The number of carboxylic acid groups (broad SMARTS) is 1. The summed E-state index contributed by atoms with van der Waals surface area (Å²) in [5, 5.41) is 20.7. The number of aliphatic carboxylic acids is 1. The average Bonchev–Trinajstić information content (AvgIpc) is 3.05. The van der Waals surface area contributed by atoms with Crippen molar-refractivity contribution in [1.82, 2.24) is 9.97 Å². The van der Waals surface area contributed by atoms with Crippen LogP contribution in [0.25, 0.3) is 0 Å². The first-order valence-electron chi connectivity index (χ1n) is 8.45. The molecule has 0 unspecified atom stereocenters. The molecule has 1 aliphatic heterocycles. The molecule has 0 atom stereocenters. The summed E-state index contributed by atoms with van der Waals surface area (Å²) >= 11 is 0. The number of aliphatic imine (C=N–C) groups is 1. The summed E-state index contributed by atoms with van der Waals surface area (Å²) in [5.74, 6) is 0.241. The Bertz CT molecular complexity index is 1050. The number of hydrogen-bond donors (Lipinski definition) is 4. The number of rotatable bonds is 3. The van der Waals surface area contributed by atoms with Crippen molar-refractivity contribution in [3.05, 3.63) is 71.4 Å². The molecular weight excluding hydrogens is 358 g/mol. The van der Waals surface area contributed by atoms with Gasteiger partial charge in [-0.15, -0.1) is 0 Å². The van der Waals surface area contributed by atoms with Gasteiger partial charge in [0.05, 0.1) is 12.3 Å². The van der Waals surface area contributed by atoms with Gasteiger partial charge in [-0.1, -0.05) is 18.2 Å². The van der Waals surface area contributed by atoms with Crippen LogP contribution in [0.2, 0.25) is 0 Å². The van der Waals surface area contributed by atoms with Crippen molar-refractivity contribution >= 4 is 29.1 Å². The SMILES string of the molecule is CC(=O)O.Nc1nccc(Nc2ccc3c(c2)C(c2ccccc2O)=NC3)n1. The van der Waals surface area contributed by atoms with Crippen LogP contribution >= 0.6 is 0 Å². The minimum Gasteiger partial charge on any atom is -0.507 e. The number of nitrogens with zero attached hydrogens (tertiary/aromatic N) is 3. The lowest BCUT2D eigenvalue weighted by Crippen LogP contribution is -2.03. The second-order valence-electron chi connectivity index (χ2n) is 6.00. The van der Waals surface area contributed by atoms with E-state index in [4.69, 9.17) is 15.6 Å². The molecule has 0 bridgehead atoms. The van der Waals surface area contributed by atoms with Gasteiger partial charge in [0.1, 0.15) is 11.6 Å². The quantitative estimate of drug-likeness (QED) is 0.551. The fourth-order valence-electron chi connectivity index (χ4n) is 2.76. The molecular formula is C20H19N5O3. The average molecular weight is 377 g/mol. The minimum atomic E-state index is -0.833. The van der Waals surface area contributed by atoms with Crippen molar-refractivity contribution in [2.24, 2.45) is 4.99 Å². The molecule has 0 saturated heterocycles. The van der Waals surface area contributed by atoms with Crippen LogP contribution in [0.5, 0.6) is 5.75 Å². The van der Waals surface area contributed by atoms with E-state index in [1.54, 1.807) is 24.4 Å². The zero-order valence-corrected chi connectivity index (χ0v) is 15.1. The third kappa shape index (κ3) is 4.42. The minimum absolute atomic E-state index is 0.220. The van der Waals surface area contributed by atoms with Gasteiger partial charge in [0.15, 0.2) is 0 Å². The molecule has 1 aromatic heterocycles. The Morgan fingerprint density at radius 3 is 2.61 bits per heavy atom. The maximum Gasteiger partial charge on any atom is 0.300 e. The van der Waals surface area contributed by atoms with Gasteiger partial charge in [-0.2, -0.15) is 4.98 Å². The number of nitrogen functional groups attached to an aromatic ring is 1. The van der Waals surface area contributed by atoms with Crippen LogP contribution in [-0.4, -0.2) is 31.9 Å². The second-order valence-corrected chi connectivity index (χ2v) is 6.00. The zero-order valence-electron chi connectivity index (χ0n) is 15.1. The van der Waals surface area contributed by atoms with Gasteiger partial charge < -0.3 is 21.3 Å². The Hall–Kier alpha value is -3.94. The number of hydrogen-bond acceptors (Lipinski definition) is 7. The van der Waals surface area contributed by atoms with Gasteiger partial charge in [-0.05, 0) is 35.9 Å². The summed E-state index contributed by atoms with van der Waals surface area (Å²) in [6, 6.07) is 15.0. The summed E-state index contributed by atoms with van der Waals surface area (Å²) in [7, 11) is 0. The zero-order chi connectivity index (χ0) is 20.1. The first-order valence-corrected chi connectivity index (χ1v) is 8.45. The number of fused-ring (bicyclic) bond motifs is 1. The van der Waals surface area contributed by atoms with Crippen molar-refractivity contribution in [2.75, 3.05) is 11.1 Å². The monoisotopic (exact) mass is 377 g/mol. The lowest BCUT2D eigenvalue weighted by Gasteiger charge is -2.10. The molecule has 2 aromatic carbocycles. The molecule has 142 valence electrons. The Morgan fingerprint density at radius 1 is 1.14 bits per heavy atom. The number of carbonyl (C=O) groups is 1. The standard InChI is InChI=1S/C18H15N5O.C2H4O2/c19-18-20-8-7-16(23-18)22-12-6-5-11-10-21-17(14(11)9-12)13-3-1-2-4-15(13)24;1-2(3)4/h1-9,24H,10H2,(H3,19,20,22,23);1H3,(H,3,4). The number of aromatic nitrogens is 2. The molecule has 0 spiro atoms. The smallest absolute Gasteiger partial charge is 0.300 e. The van der Waals surface area contributed by atoms with E-state index in [9.17, 15) is 5.11 Å². The summed E-state index contributed by atoms with van der Waals surface area (Å²) in [5.41, 5.74) is 10.1. The van der Waals surface area contributed by atoms with Crippen LogP contribution in [-0.2, 0) is 11.3 Å². The van der Waals surface area contributed by atoms with E-state index in [2.05, 4.69) is 20.3 Å². The van der Waals surface area contributed by atoms with Crippen LogP contribution in [0.3, 0.4) is 0 Å². The molecule has 0 aliphatic carbocycles. The van der Waals surface area contributed by atoms with E-state index >= 15 is 0 Å². The number of nitrogens with two attached hydrogens (primary N) is 1. The number of para-hydroxylation sites is 1. The van der Waals surface area contributed by atoms with Gasteiger partial charge in [-0.25, -0.2) is 4.98 Å². The highest BCUT2D eigenvalue weighted by Gasteiger charge is 2.20. The van der Waals surface area contributed by atoms with Crippen LogP contribution in [0, 0.1) is 0 Å². The first kappa shape index (κ1) is 18.8. The number of aromatic hydroxyl groups is 1. The Labute approximate surface area is 161 Å². The number of benzene rings is 2. The molecule has 8 heteroatoms. The number of anilines is 3. The first-order chi connectivity index (χ1) is 13.4. The van der Waals surface area contributed by atoms with Crippen molar-refractivity contribution in [3.63, 3.8) is 0 Å². The highest BCUT2D eigenvalue weighted by Crippen LogP contribution is 2.30. The largest absolute Gasteiger partial charge is 0.507 e. The highest BCUT2D eigenvalue weighted by molar-refractivity contribution is 6.16. The van der Waals surface area contributed by atoms with Crippen molar-refractivity contribution in [2.45, 2.75) is 13.5 Å². The van der Waals surface area contributed by atoms with Crippen molar-refractivity contribution in [1.29, 1.82) is 0 Å². The van der Waals surface area contributed by atoms with E-state index in [0.29, 0.717) is 12.4 Å². The van der Waals surface area contributed by atoms with Crippen LogP contribution in [0.1, 0.15) is 23.6 Å². The lowest BCUT2D eigenvalue weighted by atomic mass is 9.99. The molecule has 8 nitrogen and oxygen atoms in total. The summed E-state index contributed by atoms with van der Waals surface area (Å²) in [6.45, 7) is 1.69. The van der Waals surface area contributed by atoms with Gasteiger partial charge >= 0.3 is 0 Å². The fraction of sp³-hybridized carbons (Fsp3) is 0.100. The molecule has 0 amide bonds. The molecule has 1 aliphatic rings. The highest BCUT2D eigenvalue weighted by atomic mass is 16.4. The lowest BCUT2D eigenvalue weighted by molar-refractivity contribution is -0.134. The Morgan fingerprint density at radius 2 is 1.89 bits per heavy atom. The normalized spacial score (nSPS) is 11.7. The maximum atomic E-state index is 10.1. The topological polar surface area (TPSA) is 134 Å². The molecule has 4 rings (SSSR count). The van der Waals surface area contributed by atoms with E-state index in [1.165, 1.54) is 0 Å². The number of phenolic OH excluding ortho intramolecular Hbond substituents is 1. The molecule has 3 aromatic rings. The third-order valence-corrected chi connectivity index (χ3v) is 3.88. The fourth-order valence-corrected chi connectivity index (χ4v) is 2.76. The molecule has 0 fully saturated rings. The molecule has 28 heavy (non-hydrogen) atoms.